The van der Waals surface area contributed by atoms with E-state index in [1.807, 2.05) is 6.92 Å². The highest BCUT2D eigenvalue weighted by molar-refractivity contribution is 6.32. The van der Waals surface area contributed by atoms with Gasteiger partial charge in [-0.2, -0.15) is 0 Å². The molecule has 0 aliphatic carbocycles. The number of nitrogens with zero attached hydrogens (tertiary/aromatic N) is 2. The summed E-state index contributed by atoms with van der Waals surface area (Å²) in [6, 6.07) is 6.68. The maximum atomic E-state index is 12.1. The van der Waals surface area contributed by atoms with Gasteiger partial charge in [0.15, 0.2) is 6.61 Å². The molecule has 1 amide bonds. The van der Waals surface area contributed by atoms with E-state index in [0.717, 1.165) is 0 Å². The van der Waals surface area contributed by atoms with Crippen LogP contribution in [0.5, 0.6) is 11.5 Å². The average Bonchev–Trinajstić information content (AvgIpc) is 2.66. The van der Waals surface area contributed by atoms with Gasteiger partial charge in [0.1, 0.15) is 17.6 Å². The van der Waals surface area contributed by atoms with Crippen LogP contribution in [0.2, 0.25) is 10.0 Å². The summed E-state index contributed by atoms with van der Waals surface area (Å²) in [5, 5.41) is 9.71. The number of pyridine rings is 1. The average molecular weight is 425 g/mol. The number of benzene rings is 1. The van der Waals surface area contributed by atoms with E-state index in [0.29, 0.717) is 34.3 Å². The number of rotatable bonds is 7. The number of ether oxygens (including phenoxy) is 2. The lowest BCUT2D eigenvalue weighted by atomic mass is 10.1. The van der Waals surface area contributed by atoms with Crippen molar-refractivity contribution in [2.24, 2.45) is 0 Å². The maximum Gasteiger partial charge on any atom is 0.305 e. The minimum absolute atomic E-state index is 0.0351. The topological polar surface area (TPSA) is 89.0 Å². The van der Waals surface area contributed by atoms with Gasteiger partial charge < -0.3 is 19.5 Å². The molecule has 148 valence electrons. The molecule has 3 rings (SSSR count). The molecule has 1 atom stereocenters. The highest BCUT2D eigenvalue weighted by Crippen LogP contribution is 2.42. The van der Waals surface area contributed by atoms with Crippen LogP contribution in [-0.2, 0) is 9.59 Å². The first kappa shape index (κ1) is 20.2. The molecule has 2 heterocycles. The van der Waals surface area contributed by atoms with Gasteiger partial charge in [0.05, 0.1) is 27.8 Å². The van der Waals surface area contributed by atoms with Crippen LogP contribution in [0.3, 0.4) is 0 Å². The molecular formula is C19H18Cl2N2O5. The summed E-state index contributed by atoms with van der Waals surface area (Å²) < 4.78 is 11.5. The fourth-order valence-electron chi connectivity index (χ4n) is 2.83. The number of aromatic nitrogens is 1. The summed E-state index contributed by atoms with van der Waals surface area (Å²) in [6.45, 7) is 1.81. The Morgan fingerprint density at radius 1 is 1.39 bits per heavy atom. The van der Waals surface area contributed by atoms with E-state index in [9.17, 15) is 9.59 Å². The normalized spacial score (nSPS) is 14.2. The largest absolute Gasteiger partial charge is 0.482 e. The van der Waals surface area contributed by atoms with Crippen molar-refractivity contribution in [1.82, 2.24) is 4.98 Å². The number of carbonyl (C=O) groups excluding carboxylic acids is 1. The highest BCUT2D eigenvalue weighted by atomic mass is 35.5. The predicted octanol–water partition coefficient (Wildman–Crippen LogP) is 4.12. The lowest BCUT2D eigenvalue weighted by Gasteiger charge is -2.30. The van der Waals surface area contributed by atoms with Gasteiger partial charge >= 0.3 is 5.97 Å². The smallest absolute Gasteiger partial charge is 0.305 e. The van der Waals surface area contributed by atoms with Crippen LogP contribution < -0.4 is 14.4 Å². The van der Waals surface area contributed by atoms with Crippen LogP contribution in [-0.4, -0.2) is 35.1 Å². The van der Waals surface area contributed by atoms with Crippen molar-refractivity contribution in [1.29, 1.82) is 0 Å². The van der Waals surface area contributed by atoms with E-state index < -0.39 is 5.97 Å². The molecule has 1 aromatic heterocycles. The van der Waals surface area contributed by atoms with Crippen LogP contribution in [0.15, 0.2) is 30.5 Å². The first-order valence-electron chi connectivity index (χ1n) is 8.65. The van der Waals surface area contributed by atoms with E-state index in [-0.39, 0.29) is 36.6 Å². The molecule has 0 unspecified atom stereocenters. The number of amides is 1. The Bertz CT molecular complexity index is 889. The lowest BCUT2D eigenvalue weighted by molar-refractivity contribution is -0.136. The molecule has 0 saturated carbocycles. The zero-order valence-corrected chi connectivity index (χ0v) is 16.5. The van der Waals surface area contributed by atoms with Crippen molar-refractivity contribution in [3.8, 4) is 11.5 Å². The molecule has 0 bridgehead atoms. The molecule has 9 heteroatoms. The Kier molecular flexibility index (Phi) is 6.26. The third-order valence-corrected chi connectivity index (χ3v) is 4.74. The summed E-state index contributed by atoms with van der Waals surface area (Å²) in [6.07, 6.45) is 1.67. The summed E-state index contributed by atoms with van der Waals surface area (Å²) in [5.74, 6) is -0.525. The molecule has 1 aromatic carbocycles. The van der Waals surface area contributed by atoms with Crippen LogP contribution in [0.4, 0.5) is 5.69 Å². The Hall–Kier alpha value is -2.51. The van der Waals surface area contributed by atoms with Crippen molar-refractivity contribution in [2.75, 3.05) is 18.1 Å². The van der Waals surface area contributed by atoms with Crippen molar-refractivity contribution in [3.05, 3.63) is 46.2 Å². The first-order chi connectivity index (χ1) is 13.4. The molecular weight excluding hydrogens is 407 g/mol. The minimum atomic E-state index is -0.992. The Balaban J connectivity index is 1.86. The van der Waals surface area contributed by atoms with Gasteiger partial charge in [-0.15, -0.1) is 0 Å². The van der Waals surface area contributed by atoms with Gasteiger partial charge in [-0.05, 0) is 24.6 Å². The fourth-order valence-corrected chi connectivity index (χ4v) is 3.14. The molecule has 28 heavy (non-hydrogen) atoms. The lowest BCUT2D eigenvalue weighted by Crippen LogP contribution is -2.40. The SMILES string of the molecule is CC[C@@H](Oc1cc2c(cc1Cl)N(CCC(=O)O)C(=O)CO2)c1ccc(Cl)cn1. The quantitative estimate of drug-likeness (QED) is 0.718. The zero-order valence-electron chi connectivity index (χ0n) is 15.0. The third-order valence-electron chi connectivity index (χ3n) is 4.23. The molecule has 0 fully saturated rings. The standard InChI is InChI=1S/C19H18Cl2N2O5/c1-2-15(13-4-3-11(20)9-22-13)28-16-8-17-14(7-12(16)21)23(6-5-19(25)26)18(24)10-27-17/h3-4,7-9,15H,2,5-6,10H2,1H3,(H,25,26)/t15-/m1/s1. The first-order valence-corrected chi connectivity index (χ1v) is 9.41. The van der Waals surface area contributed by atoms with Crippen molar-refractivity contribution in [3.63, 3.8) is 0 Å². The van der Waals surface area contributed by atoms with Gasteiger partial charge in [-0.1, -0.05) is 30.1 Å². The summed E-state index contributed by atoms with van der Waals surface area (Å²) >= 11 is 12.3. The number of aliphatic carboxylic acids is 1. The van der Waals surface area contributed by atoms with Gasteiger partial charge in [-0.25, -0.2) is 0 Å². The van der Waals surface area contributed by atoms with Gasteiger partial charge in [0.2, 0.25) is 0 Å². The molecule has 0 radical (unpaired) electrons. The van der Waals surface area contributed by atoms with Crippen LogP contribution in [0, 0.1) is 0 Å². The molecule has 0 saturated heterocycles. The second-order valence-electron chi connectivity index (χ2n) is 6.14. The highest BCUT2D eigenvalue weighted by Gasteiger charge is 2.28. The molecule has 0 spiro atoms. The second-order valence-corrected chi connectivity index (χ2v) is 6.99. The third kappa shape index (κ3) is 4.48. The summed E-state index contributed by atoms with van der Waals surface area (Å²) in [5.41, 5.74) is 1.13. The number of hydrogen-bond donors (Lipinski definition) is 1. The Labute approximate surface area is 171 Å². The molecule has 2 aromatic rings. The monoisotopic (exact) mass is 424 g/mol. The van der Waals surface area contributed by atoms with Crippen molar-refractivity contribution in [2.45, 2.75) is 25.9 Å². The number of hydrogen-bond acceptors (Lipinski definition) is 5. The van der Waals surface area contributed by atoms with Crippen LogP contribution >= 0.6 is 23.2 Å². The Morgan fingerprint density at radius 3 is 2.82 bits per heavy atom. The summed E-state index contributed by atoms with van der Waals surface area (Å²) in [7, 11) is 0. The van der Waals surface area contributed by atoms with E-state index in [2.05, 4.69) is 4.98 Å². The van der Waals surface area contributed by atoms with Gasteiger partial charge in [0.25, 0.3) is 5.91 Å². The maximum absolute atomic E-state index is 12.1. The van der Waals surface area contributed by atoms with E-state index in [1.165, 1.54) is 4.90 Å². The van der Waals surface area contributed by atoms with E-state index in [1.54, 1.807) is 30.5 Å². The molecule has 7 nitrogen and oxygen atoms in total. The second kappa shape index (κ2) is 8.67. The fraction of sp³-hybridized carbons (Fsp3) is 0.316. The summed E-state index contributed by atoms with van der Waals surface area (Å²) in [4.78, 5) is 28.6. The number of anilines is 1. The molecule has 1 aliphatic rings. The van der Waals surface area contributed by atoms with Crippen molar-refractivity contribution >= 4 is 40.8 Å². The van der Waals surface area contributed by atoms with E-state index >= 15 is 0 Å². The number of fused-ring (bicyclic) bond motifs is 1. The van der Waals surface area contributed by atoms with Crippen molar-refractivity contribution < 1.29 is 24.2 Å². The van der Waals surface area contributed by atoms with Crippen LogP contribution in [0.1, 0.15) is 31.6 Å². The van der Waals surface area contributed by atoms with Gasteiger partial charge in [0, 0.05) is 18.8 Å². The number of carboxylic acid groups (broad SMARTS) is 1. The minimum Gasteiger partial charge on any atom is -0.482 e. The van der Waals surface area contributed by atoms with Crippen LogP contribution in [0.25, 0.3) is 0 Å². The predicted molar refractivity (Wildman–Crippen MR) is 104 cm³/mol. The zero-order chi connectivity index (χ0) is 20.3. The molecule has 1 aliphatic heterocycles. The molecule has 1 N–H and O–H groups in total. The number of halogens is 2. The van der Waals surface area contributed by atoms with E-state index in [4.69, 9.17) is 37.8 Å². The Morgan fingerprint density at radius 2 is 2.18 bits per heavy atom. The van der Waals surface area contributed by atoms with Gasteiger partial charge in [-0.3, -0.25) is 14.6 Å². The number of carbonyl (C=O) groups is 2. The number of carboxylic acids is 1.